The standard InChI is InChI=1S/C13H28N2O/c1-12(2)16-11-10-15(3)9-5-7-13-6-4-8-14-13/h12-14H,4-11H2,1-3H3. The lowest BCUT2D eigenvalue weighted by Crippen LogP contribution is -2.27. The van der Waals surface area contributed by atoms with Gasteiger partial charge in [-0.3, -0.25) is 0 Å². The summed E-state index contributed by atoms with van der Waals surface area (Å²) < 4.78 is 5.54. The van der Waals surface area contributed by atoms with E-state index in [0.717, 1.165) is 19.2 Å². The highest BCUT2D eigenvalue weighted by molar-refractivity contribution is 4.74. The van der Waals surface area contributed by atoms with Crippen LogP contribution in [0.2, 0.25) is 0 Å². The van der Waals surface area contributed by atoms with Gasteiger partial charge in [0, 0.05) is 12.6 Å². The Morgan fingerprint density at radius 3 is 2.81 bits per heavy atom. The molecule has 3 heteroatoms. The first kappa shape index (κ1) is 13.9. The zero-order chi connectivity index (χ0) is 11.8. The third-order valence-electron chi connectivity index (χ3n) is 3.18. The van der Waals surface area contributed by atoms with E-state index in [1.807, 2.05) is 0 Å². The summed E-state index contributed by atoms with van der Waals surface area (Å²) in [6, 6.07) is 0.792. The van der Waals surface area contributed by atoms with E-state index in [2.05, 4.69) is 31.1 Å². The Bertz CT molecular complexity index is 167. The zero-order valence-electron chi connectivity index (χ0n) is 11.2. The maximum atomic E-state index is 5.54. The van der Waals surface area contributed by atoms with Crippen molar-refractivity contribution in [2.24, 2.45) is 0 Å². The SMILES string of the molecule is CC(C)OCCN(C)CCCC1CCCN1. The van der Waals surface area contributed by atoms with E-state index in [1.165, 1.54) is 38.8 Å². The monoisotopic (exact) mass is 228 g/mol. The van der Waals surface area contributed by atoms with Crippen LogP contribution in [0.4, 0.5) is 0 Å². The number of hydrogen-bond acceptors (Lipinski definition) is 3. The maximum Gasteiger partial charge on any atom is 0.0596 e. The highest BCUT2D eigenvalue weighted by Gasteiger charge is 2.13. The van der Waals surface area contributed by atoms with Crippen LogP contribution in [0.15, 0.2) is 0 Å². The predicted molar refractivity (Wildman–Crippen MR) is 68.8 cm³/mol. The molecule has 1 atom stereocenters. The number of nitrogens with one attached hydrogen (secondary N) is 1. The summed E-state index contributed by atoms with van der Waals surface area (Å²) in [4.78, 5) is 2.37. The molecule has 1 unspecified atom stereocenters. The third kappa shape index (κ3) is 6.46. The predicted octanol–water partition coefficient (Wildman–Crippen LogP) is 1.88. The molecule has 1 aliphatic heterocycles. The number of nitrogens with zero attached hydrogens (tertiary/aromatic N) is 1. The first-order valence-electron chi connectivity index (χ1n) is 6.72. The van der Waals surface area contributed by atoms with Crippen molar-refractivity contribution < 1.29 is 4.74 Å². The second-order valence-electron chi connectivity index (χ2n) is 5.16. The molecule has 96 valence electrons. The Balaban J connectivity index is 1.91. The lowest BCUT2D eigenvalue weighted by Gasteiger charge is -2.18. The lowest BCUT2D eigenvalue weighted by atomic mass is 10.1. The number of rotatable bonds is 8. The molecule has 0 aromatic carbocycles. The summed E-state index contributed by atoms with van der Waals surface area (Å²) in [5.41, 5.74) is 0. The quantitative estimate of drug-likeness (QED) is 0.686. The third-order valence-corrected chi connectivity index (χ3v) is 3.18. The Kier molecular flexibility index (Phi) is 7.01. The fraction of sp³-hybridized carbons (Fsp3) is 1.00. The van der Waals surface area contributed by atoms with Crippen molar-refractivity contribution in [3.63, 3.8) is 0 Å². The van der Waals surface area contributed by atoms with Crippen molar-refractivity contribution in [1.82, 2.24) is 10.2 Å². The minimum atomic E-state index is 0.357. The van der Waals surface area contributed by atoms with Crippen LogP contribution in [0.5, 0.6) is 0 Å². The van der Waals surface area contributed by atoms with E-state index >= 15 is 0 Å². The van der Waals surface area contributed by atoms with Crippen LogP contribution in [0.1, 0.15) is 39.5 Å². The molecule has 1 N–H and O–H groups in total. The van der Waals surface area contributed by atoms with Gasteiger partial charge in [-0.15, -0.1) is 0 Å². The van der Waals surface area contributed by atoms with E-state index in [4.69, 9.17) is 4.74 Å². The minimum absolute atomic E-state index is 0.357. The fourth-order valence-electron chi connectivity index (χ4n) is 2.17. The molecule has 0 radical (unpaired) electrons. The second-order valence-corrected chi connectivity index (χ2v) is 5.16. The van der Waals surface area contributed by atoms with Gasteiger partial charge >= 0.3 is 0 Å². The van der Waals surface area contributed by atoms with Gasteiger partial charge in [0.25, 0.3) is 0 Å². The van der Waals surface area contributed by atoms with Crippen LogP contribution >= 0.6 is 0 Å². The molecule has 0 aromatic heterocycles. The molecule has 0 bridgehead atoms. The molecule has 16 heavy (non-hydrogen) atoms. The van der Waals surface area contributed by atoms with Gasteiger partial charge in [0.15, 0.2) is 0 Å². The normalized spacial score (nSPS) is 21.2. The van der Waals surface area contributed by atoms with Gasteiger partial charge in [-0.2, -0.15) is 0 Å². The molecule has 1 aliphatic rings. The summed E-state index contributed by atoms with van der Waals surface area (Å²) in [5, 5.41) is 3.55. The highest BCUT2D eigenvalue weighted by Crippen LogP contribution is 2.10. The van der Waals surface area contributed by atoms with Gasteiger partial charge in [-0.1, -0.05) is 0 Å². The van der Waals surface area contributed by atoms with Gasteiger partial charge in [0.1, 0.15) is 0 Å². The summed E-state index contributed by atoms with van der Waals surface area (Å²) in [5.74, 6) is 0. The van der Waals surface area contributed by atoms with Crippen molar-refractivity contribution in [1.29, 1.82) is 0 Å². The van der Waals surface area contributed by atoms with Crippen LogP contribution in [0.3, 0.4) is 0 Å². The van der Waals surface area contributed by atoms with Crippen molar-refractivity contribution in [2.45, 2.75) is 51.7 Å². The van der Waals surface area contributed by atoms with Crippen molar-refractivity contribution in [3.05, 3.63) is 0 Å². The molecule has 1 fully saturated rings. The molecule has 0 spiro atoms. The molecule has 1 rings (SSSR count). The van der Waals surface area contributed by atoms with Crippen molar-refractivity contribution in [3.8, 4) is 0 Å². The summed E-state index contributed by atoms with van der Waals surface area (Å²) >= 11 is 0. The lowest BCUT2D eigenvalue weighted by molar-refractivity contribution is 0.0635. The van der Waals surface area contributed by atoms with Gasteiger partial charge in [0.05, 0.1) is 12.7 Å². The van der Waals surface area contributed by atoms with E-state index < -0.39 is 0 Å². The minimum Gasteiger partial charge on any atom is -0.377 e. The van der Waals surface area contributed by atoms with Crippen LogP contribution < -0.4 is 5.32 Å². The molecule has 0 aromatic rings. The molecular weight excluding hydrogens is 200 g/mol. The average Bonchev–Trinajstić information content (AvgIpc) is 2.70. The van der Waals surface area contributed by atoms with Gasteiger partial charge in [0.2, 0.25) is 0 Å². The van der Waals surface area contributed by atoms with Crippen LogP contribution in [-0.4, -0.2) is 50.3 Å². The van der Waals surface area contributed by atoms with Gasteiger partial charge in [-0.25, -0.2) is 0 Å². The number of likely N-dealkylation sites (N-methyl/N-ethyl adjacent to an activating group) is 1. The molecule has 0 amide bonds. The highest BCUT2D eigenvalue weighted by atomic mass is 16.5. The Hall–Kier alpha value is -0.120. The van der Waals surface area contributed by atoms with Gasteiger partial charge in [-0.05, 0) is 59.7 Å². The summed E-state index contributed by atoms with van der Waals surface area (Å²) in [6.45, 7) is 8.51. The molecule has 1 saturated heterocycles. The summed E-state index contributed by atoms with van der Waals surface area (Å²) in [7, 11) is 2.19. The van der Waals surface area contributed by atoms with Gasteiger partial charge < -0.3 is 15.0 Å². The Labute approximate surface area is 101 Å². The largest absolute Gasteiger partial charge is 0.377 e. The van der Waals surface area contributed by atoms with Crippen LogP contribution in [-0.2, 0) is 4.74 Å². The Morgan fingerprint density at radius 2 is 2.19 bits per heavy atom. The maximum absolute atomic E-state index is 5.54. The van der Waals surface area contributed by atoms with E-state index in [1.54, 1.807) is 0 Å². The topological polar surface area (TPSA) is 24.5 Å². The average molecular weight is 228 g/mol. The second kappa shape index (κ2) is 8.04. The summed E-state index contributed by atoms with van der Waals surface area (Å²) in [6.07, 6.45) is 5.73. The molecule has 1 heterocycles. The first-order valence-corrected chi connectivity index (χ1v) is 6.72. The van der Waals surface area contributed by atoms with Crippen LogP contribution in [0, 0.1) is 0 Å². The van der Waals surface area contributed by atoms with E-state index in [-0.39, 0.29) is 0 Å². The molecule has 0 saturated carbocycles. The first-order chi connectivity index (χ1) is 7.68. The van der Waals surface area contributed by atoms with Crippen LogP contribution in [0.25, 0.3) is 0 Å². The van der Waals surface area contributed by atoms with Crippen molar-refractivity contribution >= 4 is 0 Å². The fourth-order valence-corrected chi connectivity index (χ4v) is 2.17. The molecule has 3 nitrogen and oxygen atoms in total. The van der Waals surface area contributed by atoms with Crippen molar-refractivity contribution in [2.75, 3.05) is 33.3 Å². The van der Waals surface area contributed by atoms with E-state index in [0.29, 0.717) is 6.10 Å². The number of ether oxygens (including phenoxy) is 1. The molecular formula is C13H28N2O. The number of hydrogen-bond donors (Lipinski definition) is 1. The zero-order valence-corrected chi connectivity index (χ0v) is 11.2. The Morgan fingerprint density at radius 1 is 1.38 bits per heavy atom. The van der Waals surface area contributed by atoms with E-state index in [9.17, 15) is 0 Å². The smallest absolute Gasteiger partial charge is 0.0596 e. The molecule has 0 aliphatic carbocycles.